The van der Waals surface area contributed by atoms with Gasteiger partial charge in [-0.25, -0.2) is 0 Å². The van der Waals surface area contributed by atoms with Crippen LogP contribution in [0.5, 0.6) is 17.2 Å². The van der Waals surface area contributed by atoms with Crippen LogP contribution in [-0.2, 0) is 0 Å². The Labute approximate surface area is 128 Å². The first-order valence-corrected chi connectivity index (χ1v) is 6.29. The van der Waals surface area contributed by atoms with Crippen molar-refractivity contribution in [3.8, 4) is 40.1 Å². The number of aromatic hydroxyl groups is 3. The maximum atomic E-state index is 10.9. The summed E-state index contributed by atoms with van der Waals surface area (Å²) in [6, 6.07) is 8.13. The molecule has 0 radical (unpaired) electrons. The van der Waals surface area contributed by atoms with Crippen LogP contribution >= 0.6 is 0 Å². The molecule has 9 heteroatoms. The van der Waals surface area contributed by atoms with E-state index in [1.165, 1.54) is 12.1 Å². The van der Waals surface area contributed by atoms with E-state index in [2.05, 4.69) is 10.1 Å². The fourth-order valence-electron chi connectivity index (χ4n) is 1.94. The summed E-state index contributed by atoms with van der Waals surface area (Å²) in [7, 11) is 0. The minimum Gasteiger partial charge on any atom is -0.508 e. The molecule has 0 fully saturated rings. The molecule has 2 aromatic carbocycles. The third-order valence-corrected chi connectivity index (χ3v) is 3.06. The van der Waals surface area contributed by atoms with Crippen molar-refractivity contribution in [2.24, 2.45) is 0 Å². The third kappa shape index (κ3) is 2.62. The van der Waals surface area contributed by atoms with Crippen molar-refractivity contribution in [1.29, 1.82) is 0 Å². The molecule has 0 aliphatic carbocycles. The van der Waals surface area contributed by atoms with Gasteiger partial charge in [0.1, 0.15) is 5.75 Å². The molecule has 0 atom stereocenters. The predicted octanol–water partition coefficient (Wildman–Crippen LogP) is 2.43. The molecule has 9 nitrogen and oxygen atoms in total. The quantitative estimate of drug-likeness (QED) is 0.380. The summed E-state index contributed by atoms with van der Waals surface area (Å²) >= 11 is 0. The zero-order valence-electron chi connectivity index (χ0n) is 11.4. The Balaban J connectivity index is 2.03. The van der Waals surface area contributed by atoms with E-state index in [1.807, 2.05) is 0 Å². The van der Waals surface area contributed by atoms with E-state index in [0.717, 1.165) is 12.1 Å². The van der Waals surface area contributed by atoms with Gasteiger partial charge in [0.05, 0.1) is 10.5 Å². The lowest BCUT2D eigenvalue weighted by Gasteiger charge is -2.01. The average molecular weight is 315 g/mol. The summed E-state index contributed by atoms with van der Waals surface area (Å²) in [4.78, 5) is 14.1. The average Bonchev–Trinajstić information content (AvgIpc) is 3.00. The zero-order chi connectivity index (χ0) is 16.6. The number of aromatic nitrogens is 2. The van der Waals surface area contributed by atoms with E-state index in [1.54, 1.807) is 12.1 Å². The van der Waals surface area contributed by atoms with Gasteiger partial charge in [-0.15, -0.1) is 0 Å². The van der Waals surface area contributed by atoms with Gasteiger partial charge in [0.2, 0.25) is 11.6 Å². The van der Waals surface area contributed by atoms with Crippen LogP contribution in [0.3, 0.4) is 0 Å². The molecule has 0 aliphatic rings. The lowest BCUT2D eigenvalue weighted by Crippen LogP contribution is -1.90. The van der Waals surface area contributed by atoms with Crippen molar-refractivity contribution >= 4 is 5.69 Å². The van der Waals surface area contributed by atoms with Gasteiger partial charge in [0, 0.05) is 11.6 Å². The summed E-state index contributed by atoms with van der Waals surface area (Å²) in [5.41, 5.74) is -0.0239. The largest absolute Gasteiger partial charge is 0.508 e. The highest BCUT2D eigenvalue weighted by molar-refractivity contribution is 5.68. The van der Waals surface area contributed by atoms with Crippen molar-refractivity contribution < 1.29 is 24.8 Å². The lowest BCUT2D eigenvalue weighted by molar-refractivity contribution is -0.385. The van der Waals surface area contributed by atoms with Gasteiger partial charge in [0.15, 0.2) is 5.75 Å². The van der Waals surface area contributed by atoms with E-state index >= 15 is 0 Å². The number of benzene rings is 2. The van der Waals surface area contributed by atoms with Crippen molar-refractivity contribution in [2.75, 3.05) is 0 Å². The van der Waals surface area contributed by atoms with Crippen LogP contribution in [0, 0.1) is 10.1 Å². The van der Waals surface area contributed by atoms with Gasteiger partial charge in [-0.1, -0.05) is 5.16 Å². The number of phenolic OH excluding ortho intramolecular Hbond substituents is 3. The molecule has 1 aromatic heterocycles. The number of rotatable bonds is 3. The van der Waals surface area contributed by atoms with Crippen LogP contribution in [0.1, 0.15) is 0 Å². The number of nitro groups is 1. The van der Waals surface area contributed by atoms with E-state index in [0.29, 0.717) is 5.56 Å². The third-order valence-electron chi connectivity index (χ3n) is 3.06. The molecule has 0 bridgehead atoms. The van der Waals surface area contributed by atoms with Gasteiger partial charge in [0.25, 0.3) is 5.89 Å². The summed E-state index contributed by atoms with van der Waals surface area (Å²) in [5, 5.41) is 42.9. The summed E-state index contributed by atoms with van der Waals surface area (Å²) in [5.74, 6) is -1.28. The molecular weight excluding hydrogens is 306 g/mol. The maximum absolute atomic E-state index is 10.9. The van der Waals surface area contributed by atoms with Crippen LogP contribution in [-0.4, -0.2) is 30.4 Å². The minimum atomic E-state index is -0.837. The standard InChI is InChI=1S/C14H9N3O6/c18-9-3-1-7(2-4-9)13-15-14(23-16-13)8-5-10(17(21)22)12(20)11(19)6-8/h1-6,18-20H. The van der Waals surface area contributed by atoms with Crippen LogP contribution in [0.25, 0.3) is 22.8 Å². The summed E-state index contributed by atoms with van der Waals surface area (Å²) < 4.78 is 5.03. The van der Waals surface area contributed by atoms with Crippen molar-refractivity contribution in [1.82, 2.24) is 10.1 Å². The molecule has 116 valence electrons. The first-order chi connectivity index (χ1) is 11.0. The van der Waals surface area contributed by atoms with Gasteiger partial charge in [-0.2, -0.15) is 4.98 Å². The molecule has 3 N–H and O–H groups in total. The Hall–Kier alpha value is -3.62. The Morgan fingerprint density at radius 2 is 1.74 bits per heavy atom. The molecule has 1 heterocycles. The molecule has 0 saturated carbocycles. The van der Waals surface area contributed by atoms with Crippen LogP contribution in [0.2, 0.25) is 0 Å². The molecule has 0 spiro atoms. The topological polar surface area (TPSA) is 143 Å². The number of nitrogens with zero attached hydrogens (tertiary/aromatic N) is 3. The van der Waals surface area contributed by atoms with Gasteiger partial charge in [-0.3, -0.25) is 10.1 Å². The van der Waals surface area contributed by atoms with Crippen molar-refractivity contribution in [3.05, 3.63) is 46.5 Å². The van der Waals surface area contributed by atoms with Gasteiger partial charge < -0.3 is 19.8 Å². The summed E-state index contributed by atoms with van der Waals surface area (Å²) in [6.07, 6.45) is 0. The number of hydrogen-bond donors (Lipinski definition) is 3. The van der Waals surface area contributed by atoms with E-state index in [9.17, 15) is 25.4 Å². The molecule has 0 saturated heterocycles. The van der Waals surface area contributed by atoms with Crippen LogP contribution in [0.15, 0.2) is 40.9 Å². The minimum absolute atomic E-state index is 0.0634. The maximum Gasteiger partial charge on any atom is 0.315 e. The number of hydrogen-bond acceptors (Lipinski definition) is 8. The molecular formula is C14H9N3O6. The van der Waals surface area contributed by atoms with E-state index in [-0.39, 0.29) is 23.0 Å². The Bertz CT molecular complexity index is 888. The van der Waals surface area contributed by atoms with Gasteiger partial charge >= 0.3 is 5.69 Å². The van der Waals surface area contributed by atoms with Gasteiger partial charge in [-0.05, 0) is 30.3 Å². The summed E-state index contributed by atoms with van der Waals surface area (Å²) in [6.45, 7) is 0. The van der Waals surface area contributed by atoms with Crippen molar-refractivity contribution in [3.63, 3.8) is 0 Å². The van der Waals surface area contributed by atoms with E-state index in [4.69, 9.17) is 4.52 Å². The smallest absolute Gasteiger partial charge is 0.315 e. The molecule has 0 amide bonds. The second-order valence-electron chi connectivity index (χ2n) is 4.59. The van der Waals surface area contributed by atoms with Crippen LogP contribution < -0.4 is 0 Å². The second-order valence-corrected chi connectivity index (χ2v) is 4.59. The molecule has 23 heavy (non-hydrogen) atoms. The molecule has 3 aromatic rings. The zero-order valence-corrected chi connectivity index (χ0v) is 11.4. The van der Waals surface area contributed by atoms with Crippen LogP contribution in [0.4, 0.5) is 5.69 Å². The number of nitro benzene ring substituents is 1. The Kier molecular flexibility index (Phi) is 3.30. The Morgan fingerprint density at radius 3 is 2.39 bits per heavy atom. The number of phenols is 3. The van der Waals surface area contributed by atoms with Crippen molar-refractivity contribution in [2.45, 2.75) is 0 Å². The normalized spacial score (nSPS) is 10.6. The monoisotopic (exact) mass is 315 g/mol. The molecule has 3 rings (SSSR count). The fraction of sp³-hybridized carbons (Fsp3) is 0. The highest BCUT2D eigenvalue weighted by atomic mass is 16.6. The second kappa shape index (κ2) is 5.30. The highest BCUT2D eigenvalue weighted by Crippen LogP contribution is 2.39. The SMILES string of the molecule is O=[N+]([O-])c1cc(-c2nc(-c3ccc(O)cc3)no2)cc(O)c1O. The molecule has 0 aliphatic heterocycles. The first kappa shape index (κ1) is 14.3. The van der Waals surface area contributed by atoms with E-state index < -0.39 is 22.1 Å². The lowest BCUT2D eigenvalue weighted by atomic mass is 10.1. The fourth-order valence-corrected chi connectivity index (χ4v) is 1.94. The predicted molar refractivity (Wildman–Crippen MR) is 76.8 cm³/mol. The molecule has 0 unspecified atom stereocenters. The first-order valence-electron chi connectivity index (χ1n) is 6.29. The Morgan fingerprint density at radius 1 is 1.04 bits per heavy atom. The highest BCUT2D eigenvalue weighted by Gasteiger charge is 2.22.